The highest BCUT2D eigenvalue weighted by molar-refractivity contribution is 5.42. The van der Waals surface area contributed by atoms with E-state index in [1.165, 1.54) is 5.56 Å². The van der Waals surface area contributed by atoms with Crippen molar-refractivity contribution in [3.8, 4) is 0 Å². The Morgan fingerprint density at radius 3 is 2.54 bits per heavy atom. The summed E-state index contributed by atoms with van der Waals surface area (Å²) in [6, 6.07) is 16.3. The van der Waals surface area contributed by atoms with Crippen LogP contribution in [-0.2, 0) is 13.0 Å². The highest BCUT2D eigenvalue weighted by atomic mass is 15.1. The summed E-state index contributed by atoms with van der Waals surface area (Å²) in [5, 5.41) is 6.62. The fourth-order valence-corrected chi connectivity index (χ4v) is 2.40. The van der Waals surface area contributed by atoms with Crippen LogP contribution in [-0.4, -0.2) is 21.5 Å². The van der Waals surface area contributed by atoms with Gasteiger partial charge >= 0.3 is 0 Å². The first-order chi connectivity index (χ1) is 11.8. The molecule has 0 saturated carbocycles. The second-order valence-corrected chi connectivity index (χ2v) is 5.60. The van der Waals surface area contributed by atoms with Gasteiger partial charge in [-0.25, -0.2) is 4.98 Å². The van der Waals surface area contributed by atoms with E-state index in [9.17, 15) is 0 Å². The first-order valence-electron chi connectivity index (χ1n) is 8.06. The molecule has 0 fully saturated rings. The number of pyridine rings is 1. The van der Waals surface area contributed by atoms with Crippen molar-refractivity contribution in [1.82, 2.24) is 15.0 Å². The van der Waals surface area contributed by atoms with Crippen LogP contribution in [0.3, 0.4) is 0 Å². The predicted molar refractivity (Wildman–Crippen MR) is 97.0 cm³/mol. The zero-order valence-corrected chi connectivity index (χ0v) is 13.7. The van der Waals surface area contributed by atoms with Crippen molar-refractivity contribution in [3.05, 3.63) is 77.7 Å². The van der Waals surface area contributed by atoms with Crippen LogP contribution in [0.1, 0.15) is 16.8 Å². The summed E-state index contributed by atoms with van der Waals surface area (Å²) < 4.78 is 0. The van der Waals surface area contributed by atoms with Gasteiger partial charge in [0.1, 0.15) is 5.82 Å². The lowest BCUT2D eigenvalue weighted by Gasteiger charge is -2.10. The van der Waals surface area contributed by atoms with Crippen LogP contribution in [0.25, 0.3) is 0 Å². The molecular weight excluding hydrogens is 298 g/mol. The Kier molecular flexibility index (Phi) is 5.35. The molecule has 1 aromatic carbocycles. The van der Waals surface area contributed by atoms with E-state index in [0.717, 1.165) is 30.0 Å². The Hall–Kier alpha value is -2.95. The van der Waals surface area contributed by atoms with Gasteiger partial charge in [0.15, 0.2) is 0 Å². The first-order valence-corrected chi connectivity index (χ1v) is 8.06. The van der Waals surface area contributed by atoms with E-state index in [1.54, 1.807) is 6.20 Å². The maximum Gasteiger partial charge on any atom is 0.225 e. The molecular formula is C19H21N5. The van der Waals surface area contributed by atoms with Crippen LogP contribution >= 0.6 is 0 Å². The molecule has 0 radical (unpaired) electrons. The molecule has 3 rings (SSSR count). The molecule has 0 saturated heterocycles. The summed E-state index contributed by atoms with van der Waals surface area (Å²) in [6.07, 6.45) is 4.56. The average molecular weight is 319 g/mol. The molecule has 2 N–H and O–H groups in total. The third-order valence-corrected chi connectivity index (χ3v) is 3.59. The lowest BCUT2D eigenvalue weighted by atomic mass is 10.1. The highest BCUT2D eigenvalue weighted by Crippen LogP contribution is 2.11. The smallest absolute Gasteiger partial charge is 0.225 e. The Balaban J connectivity index is 1.57. The Morgan fingerprint density at radius 2 is 1.75 bits per heavy atom. The lowest BCUT2D eigenvalue weighted by molar-refractivity contribution is 0.980. The molecule has 5 nitrogen and oxygen atoms in total. The van der Waals surface area contributed by atoms with E-state index in [0.29, 0.717) is 12.5 Å². The predicted octanol–water partition coefficient (Wildman–Crippen LogP) is 3.45. The zero-order valence-electron chi connectivity index (χ0n) is 13.7. The van der Waals surface area contributed by atoms with Gasteiger partial charge in [-0.2, -0.15) is 4.98 Å². The summed E-state index contributed by atoms with van der Waals surface area (Å²) in [5.74, 6) is 1.47. The second-order valence-electron chi connectivity index (χ2n) is 5.60. The molecule has 0 spiro atoms. The standard InChI is InChI=1S/C19H21N5/c1-15-12-18(21-11-9-16-6-3-2-4-7-16)24-19(23-15)22-14-17-8-5-10-20-13-17/h2-8,10,12-13H,9,11,14H2,1H3,(H2,21,22,23,24). The van der Waals surface area contributed by atoms with Gasteiger partial charge in [-0.1, -0.05) is 36.4 Å². The minimum Gasteiger partial charge on any atom is -0.370 e. The largest absolute Gasteiger partial charge is 0.370 e. The van der Waals surface area contributed by atoms with Gasteiger partial charge in [0, 0.05) is 37.2 Å². The van der Waals surface area contributed by atoms with Crippen molar-refractivity contribution < 1.29 is 0 Å². The summed E-state index contributed by atoms with van der Waals surface area (Å²) in [7, 11) is 0. The third kappa shape index (κ3) is 4.78. The van der Waals surface area contributed by atoms with Crippen LogP contribution in [0.2, 0.25) is 0 Å². The maximum atomic E-state index is 4.53. The van der Waals surface area contributed by atoms with Crippen LogP contribution in [0.4, 0.5) is 11.8 Å². The number of benzene rings is 1. The number of anilines is 2. The highest BCUT2D eigenvalue weighted by Gasteiger charge is 2.02. The van der Waals surface area contributed by atoms with Gasteiger partial charge in [0.05, 0.1) is 0 Å². The summed E-state index contributed by atoms with van der Waals surface area (Å²) in [6.45, 7) is 3.46. The van der Waals surface area contributed by atoms with E-state index in [2.05, 4.69) is 49.9 Å². The fourth-order valence-electron chi connectivity index (χ4n) is 2.40. The molecule has 0 aliphatic carbocycles. The number of nitrogens with zero attached hydrogens (tertiary/aromatic N) is 3. The molecule has 5 heteroatoms. The van der Waals surface area contributed by atoms with Crippen LogP contribution in [0.15, 0.2) is 60.9 Å². The number of hydrogen-bond donors (Lipinski definition) is 2. The molecule has 2 heterocycles. The van der Waals surface area contributed by atoms with Gasteiger partial charge in [-0.3, -0.25) is 4.98 Å². The van der Waals surface area contributed by atoms with E-state index < -0.39 is 0 Å². The third-order valence-electron chi connectivity index (χ3n) is 3.59. The number of aryl methyl sites for hydroxylation is 1. The minimum atomic E-state index is 0.626. The second kappa shape index (κ2) is 8.06. The van der Waals surface area contributed by atoms with Crippen molar-refractivity contribution in [2.45, 2.75) is 19.9 Å². The Bertz CT molecular complexity index is 759. The Labute approximate surface area is 142 Å². The molecule has 0 aliphatic heterocycles. The zero-order chi connectivity index (χ0) is 16.6. The fraction of sp³-hybridized carbons (Fsp3) is 0.211. The molecule has 3 aromatic rings. The molecule has 0 atom stereocenters. The van der Waals surface area contributed by atoms with Gasteiger partial charge in [0.2, 0.25) is 5.95 Å². The van der Waals surface area contributed by atoms with Crippen molar-refractivity contribution in [2.24, 2.45) is 0 Å². The first kappa shape index (κ1) is 15.9. The van der Waals surface area contributed by atoms with Gasteiger partial charge in [0.25, 0.3) is 0 Å². The lowest BCUT2D eigenvalue weighted by Crippen LogP contribution is -2.10. The van der Waals surface area contributed by atoms with Crippen molar-refractivity contribution >= 4 is 11.8 Å². The molecule has 24 heavy (non-hydrogen) atoms. The van der Waals surface area contributed by atoms with Crippen LogP contribution in [0.5, 0.6) is 0 Å². The van der Waals surface area contributed by atoms with Gasteiger partial charge in [-0.05, 0) is 30.5 Å². The van der Waals surface area contributed by atoms with E-state index in [-0.39, 0.29) is 0 Å². The monoisotopic (exact) mass is 319 g/mol. The number of rotatable bonds is 7. The molecule has 122 valence electrons. The van der Waals surface area contributed by atoms with Crippen molar-refractivity contribution in [3.63, 3.8) is 0 Å². The van der Waals surface area contributed by atoms with Gasteiger partial charge < -0.3 is 10.6 Å². The van der Waals surface area contributed by atoms with Crippen molar-refractivity contribution in [2.75, 3.05) is 17.2 Å². The normalized spacial score (nSPS) is 10.4. The van der Waals surface area contributed by atoms with E-state index in [1.807, 2.05) is 37.4 Å². The Morgan fingerprint density at radius 1 is 0.917 bits per heavy atom. The number of nitrogens with one attached hydrogen (secondary N) is 2. The minimum absolute atomic E-state index is 0.626. The molecule has 0 aliphatic rings. The summed E-state index contributed by atoms with van der Waals surface area (Å²) >= 11 is 0. The van der Waals surface area contributed by atoms with Crippen LogP contribution in [0, 0.1) is 6.92 Å². The topological polar surface area (TPSA) is 62.7 Å². The maximum absolute atomic E-state index is 4.53. The number of hydrogen-bond acceptors (Lipinski definition) is 5. The van der Waals surface area contributed by atoms with E-state index >= 15 is 0 Å². The quantitative estimate of drug-likeness (QED) is 0.698. The molecule has 2 aromatic heterocycles. The molecule has 0 amide bonds. The summed E-state index contributed by atoms with van der Waals surface area (Å²) in [5.41, 5.74) is 3.34. The van der Waals surface area contributed by atoms with Crippen LogP contribution < -0.4 is 10.6 Å². The van der Waals surface area contributed by atoms with Crippen molar-refractivity contribution in [1.29, 1.82) is 0 Å². The number of aromatic nitrogens is 3. The van der Waals surface area contributed by atoms with E-state index in [4.69, 9.17) is 0 Å². The molecule has 0 unspecified atom stereocenters. The molecule has 0 bridgehead atoms. The SMILES string of the molecule is Cc1cc(NCCc2ccccc2)nc(NCc2cccnc2)n1. The summed E-state index contributed by atoms with van der Waals surface area (Å²) in [4.78, 5) is 13.1. The van der Waals surface area contributed by atoms with Gasteiger partial charge in [-0.15, -0.1) is 0 Å². The average Bonchev–Trinajstić information content (AvgIpc) is 2.61.